The summed E-state index contributed by atoms with van der Waals surface area (Å²) >= 11 is 2.10. The summed E-state index contributed by atoms with van der Waals surface area (Å²) in [6.45, 7) is 0. The molecule has 2 heterocycles. The van der Waals surface area contributed by atoms with Gasteiger partial charge in [0.1, 0.15) is 0 Å². The molecule has 2 nitrogen and oxygen atoms in total. The molecule has 4 rings (SSSR count). The van der Waals surface area contributed by atoms with E-state index in [1.54, 1.807) is 5.56 Å². The molecule has 1 unspecified atom stereocenters. The molecule has 0 radical (unpaired) electrons. The highest BCUT2D eigenvalue weighted by atomic mass is 32.2. The van der Waals surface area contributed by atoms with Crippen LogP contribution in [0.3, 0.4) is 0 Å². The quantitative estimate of drug-likeness (QED) is 0.872. The molecule has 1 aliphatic heterocycles. The van der Waals surface area contributed by atoms with Gasteiger partial charge in [-0.05, 0) is 55.2 Å². The second kappa shape index (κ2) is 5.45. The molecule has 0 saturated carbocycles. The van der Waals surface area contributed by atoms with Crippen molar-refractivity contribution >= 4 is 22.7 Å². The van der Waals surface area contributed by atoms with Crippen LogP contribution in [0, 0.1) is 0 Å². The summed E-state index contributed by atoms with van der Waals surface area (Å²) in [5, 5.41) is 5.37. The monoisotopic (exact) mass is 286 g/mol. The molecule has 106 valence electrons. The third kappa shape index (κ3) is 2.27. The number of H-pyrrole nitrogens is 1. The SMILES string of the molecule is c1ccc2c3c([nH]c2c1)C(NC1CCSCC1)CCC3. The maximum absolute atomic E-state index is 3.93. The molecule has 1 aromatic heterocycles. The van der Waals surface area contributed by atoms with Gasteiger partial charge in [0.05, 0.1) is 0 Å². The zero-order valence-electron chi connectivity index (χ0n) is 11.8. The smallest absolute Gasteiger partial charge is 0.0478 e. The van der Waals surface area contributed by atoms with E-state index in [2.05, 4.69) is 46.3 Å². The van der Waals surface area contributed by atoms with Gasteiger partial charge in [-0.15, -0.1) is 0 Å². The van der Waals surface area contributed by atoms with E-state index in [-0.39, 0.29) is 0 Å². The Morgan fingerprint density at radius 2 is 1.95 bits per heavy atom. The fourth-order valence-electron chi connectivity index (χ4n) is 3.73. The molecule has 2 aromatic rings. The molecule has 1 aromatic carbocycles. The third-order valence-corrected chi connectivity index (χ3v) is 5.82. The fraction of sp³-hybridized carbons (Fsp3) is 0.529. The van der Waals surface area contributed by atoms with E-state index in [1.165, 1.54) is 60.2 Å². The van der Waals surface area contributed by atoms with Gasteiger partial charge < -0.3 is 10.3 Å². The van der Waals surface area contributed by atoms with Gasteiger partial charge in [0.25, 0.3) is 0 Å². The van der Waals surface area contributed by atoms with E-state index in [0.29, 0.717) is 6.04 Å². The second-order valence-electron chi connectivity index (χ2n) is 6.06. The third-order valence-electron chi connectivity index (χ3n) is 4.77. The van der Waals surface area contributed by atoms with Crippen molar-refractivity contribution in [1.29, 1.82) is 0 Å². The van der Waals surface area contributed by atoms with Gasteiger partial charge in [0.15, 0.2) is 0 Å². The van der Waals surface area contributed by atoms with Gasteiger partial charge in [-0.3, -0.25) is 0 Å². The predicted molar refractivity (Wildman–Crippen MR) is 87.5 cm³/mol. The predicted octanol–water partition coefficient (Wildman–Crippen LogP) is 4.03. The Hall–Kier alpha value is -0.930. The Kier molecular flexibility index (Phi) is 3.49. The Morgan fingerprint density at radius 3 is 2.85 bits per heavy atom. The van der Waals surface area contributed by atoms with Gasteiger partial charge in [0, 0.05) is 28.7 Å². The van der Waals surface area contributed by atoms with Crippen LogP contribution in [0.15, 0.2) is 24.3 Å². The molecule has 1 saturated heterocycles. The zero-order chi connectivity index (χ0) is 13.4. The Labute approximate surface area is 124 Å². The lowest BCUT2D eigenvalue weighted by Gasteiger charge is -2.30. The second-order valence-corrected chi connectivity index (χ2v) is 7.29. The fourth-order valence-corrected chi connectivity index (χ4v) is 4.84. The highest BCUT2D eigenvalue weighted by Crippen LogP contribution is 2.35. The molecule has 1 aliphatic carbocycles. The zero-order valence-corrected chi connectivity index (χ0v) is 12.6. The van der Waals surface area contributed by atoms with E-state index in [4.69, 9.17) is 0 Å². The van der Waals surface area contributed by atoms with Crippen molar-refractivity contribution in [3.63, 3.8) is 0 Å². The first-order chi connectivity index (χ1) is 9.92. The minimum Gasteiger partial charge on any atom is -0.357 e. The molecule has 1 atom stereocenters. The first-order valence-electron chi connectivity index (χ1n) is 7.85. The lowest BCUT2D eigenvalue weighted by Crippen LogP contribution is -2.37. The maximum atomic E-state index is 3.93. The van der Waals surface area contributed by atoms with Crippen LogP contribution in [0.1, 0.15) is 43.0 Å². The van der Waals surface area contributed by atoms with E-state index in [0.717, 1.165) is 6.04 Å². The number of thioether (sulfide) groups is 1. The summed E-state index contributed by atoms with van der Waals surface area (Å²) in [7, 11) is 0. The van der Waals surface area contributed by atoms with Crippen LogP contribution in [-0.2, 0) is 6.42 Å². The van der Waals surface area contributed by atoms with Crippen molar-refractivity contribution in [3.05, 3.63) is 35.5 Å². The minimum absolute atomic E-state index is 0.541. The number of rotatable bonds is 2. The Bertz CT molecular complexity index is 598. The van der Waals surface area contributed by atoms with Crippen molar-refractivity contribution in [2.24, 2.45) is 0 Å². The van der Waals surface area contributed by atoms with Crippen LogP contribution in [-0.4, -0.2) is 22.5 Å². The van der Waals surface area contributed by atoms with Crippen molar-refractivity contribution < 1.29 is 0 Å². The molecule has 0 amide bonds. The van der Waals surface area contributed by atoms with Gasteiger partial charge in [-0.1, -0.05) is 18.2 Å². The molecule has 2 N–H and O–H groups in total. The number of aromatic nitrogens is 1. The van der Waals surface area contributed by atoms with Crippen LogP contribution in [0.25, 0.3) is 10.9 Å². The lowest BCUT2D eigenvalue weighted by molar-refractivity contribution is 0.374. The van der Waals surface area contributed by atoms with Crippen molar-refractivity contribution in [1.82, 2.24) is 10.3 Å². The van der Waals surface area contributed by atoms with Crippen LogP contribution in [0.5, 0.6) is 0 Å². The Balaban J connectivity index is 1.63. The number of hydrogen-bond acceptors (Lipinski definition) is 2. The highest BCUT2D eigenvalue weighted by Gasteiger charge is 2.26. The maximum Gasteiger partial charge on any atom is 0.0478 e. The van der Waals surface area contributed by atoms with E-state index >= 15 is 0 Å². The molecule has 2 aliphatic rings. The Morgan fingerprint density at radius 1 is 1.10 bits per heavy atom. The van der Waals surface area contributed by atoms with E-state index in [1.807, 2.05) is 0 Å². The first-order valence-corrected chi connectivity index (χ1v) is 9.00. The number of aryl methyl sites for hydroxylation is 1. The van der Waals surface area contributed by atoms with Crippen LogP contribution in [0.2, 0.25) is 0 Å². The highest BCUT2D eigenvalue weighted by molar-refractivity contribution is 7.99. The van der Waals surface area contributed by atoms with Gasteiger partial charge in [-0.25, -0.2) is 0 Å². The molecule has 1 fully saturated rings. The summed E-state index contributed by atoms with van der Waals surface area (Å²) in [5.41, 5.74) is 4.34. The van der Waals surface area contributed by atoms with Crippen LogP contribution >= 0.6 is 11.8 Å². The summed E-state index contributed by atoms with van der Waals surface area (Å²) < 4.78 is 0. The molecule has 0 spiro atoms. The molecule has 20 heavy (non-hydrogen) atoms. The van der Waals surface area contributed by atoms with Crippen molar-refractivity contribution in [3.8, 4) is 0 Å². The number of hydrogen-bond donors (Lipinski definition) is 2. The van der Waals surface area contributed by atoms with Crippen LogP contribution in [0.4, 0.5) is 0 Å². The van der Waals surface area contributed by atoms with E-state index < -0.39 is 0 Å². The average molecular weight is 286 g/mol. The molecule has 0 bridgehead atoms. The summed E-state index contributed by atoms with van der Waals surface area (Å²) in [5.74, 6) is 2.65. The van der Waals surface area contributed by atoms with Crippen molar-refractivity contribution in [2.45, 2.75) is 44.2 Å². The summed E-state index contributed by atoms with van der Waals surface area (Å²) in [4.78, 5) is 3.69. The lowest BCUT2D eigenvalue weighted by atomic mass is 9.91. The van der Waals surface area contributed by atoms with E-state index in [9.17, 15) is 0 Å². The van der Waals surface area contributed by atoms with Gasteiger partial charge >= 0.3 is 0 Å². The largest absolute Gasteiger partial charge is 0.357 e. The molecule has 3 heteroatoms. The summed E-state index contributed by atoms with van der Waals surface area (Å²) in [6, 6.07) is 10.0. The standard InChI is InChI=1S/C17H22N2S/c1-2-6-15-13(4-1)14-5-3-7-16(17(14)19-15)18-12-8-10-20-11-9-12/h1-2,4,6,12,16,18-19H,3,5,7-11H2. The van der Waals surface area contributed by atoms with Crippen molar-refractivity contribution in [2.75, 3.05) is 11.5 Å². The number of benzene rings is 1. The topological polar surface area (TPSA) is 27.8 Å². The number of fused-ring (bicyclic) bond motifs is 3. The normalized spacial score (nSPS) is 23.9. The van der Waals surface area contributed by atoms with Crippen LogP contribution < -0.4 is 5.32 Å². The number of para-hydroxylation sites is 1. The number of nitrogens with one attached hydrogen (secondary N) is 2. The molecular weight excluding hydrogens is 264 g/mol. The van der Waals surface area contributed by atoms with Gasteiger partial charge in [0.2, 0.25) is 0 Å². The molecular formula is C17H22N2S. The number of aromatic amines is 1. The van der Waals surface area contributed by atoms with Gasteiger partial charge in [-0.2, -0.15) is 11.8 Å². The summed E-state index contributed by atoms with van der Waals surface area (Å²) in [6.07, 6.45) is 6.49. The average Bonchev–Trinajstić information content (AvgIpc) is 2.88. The first kappa shape index (κ1) is 12.8. The minimum atomic E-state index is 0.541.